The molecule has 0 bridgehead atoms. The molecule has 0 spiro atoms. The number of rotatable bonds is 3. The van der Waals surface area contributed by atoms with E-state index in [9.17, 15) is 9.59 Å². The Hall–Kier alpha value is -1.85. The summed E-state index contributed by atoms with van der Waals surface area (Å²) in [6, 6.07) is 6.71. The van der Waals surface area contributed by atoms with Gasteiger partial charge in [0.05, 0.1) is 23.6 Å². The van der Waals surface area contributed by atoms with Gasteiger partial charge in [-0.2, -0.15) is 0 Å². The topological polar surface area (TPSA) is 69.4 Å². The third kappa shape index (κ3) is 2.51. The van der Waals surface area contributed by atoms with Crippen molar-refractivity contribution >= 4 is 39.7 Å². The summed E-state index contributed by atoms with van der Waals surface area (Å²) in [7, 11) is 1.38. The number of thiophene rings is 1. The molecule has 2 N–H and O–H groups in total. The Kier molecular flexibility index (Phi) is 3.93. The van der Waals surface area contributed by atoms with Gasteiger partial charge in [0.15, 0.2) is 5.78 Å². The SMILES string of the molecule is COC(=O)C1Cc2sc(N)c(C(=O)c3ccc(Cl)cc3)c2C1. The van der Waals surface area contributed by atoms with Crippen LogP contribution in [0, 0.1) is 5.92 Å². The first-order valence-corrected chi connectivity index (χ1v) is 7.98. The van der Waals surface area contributed by atoms with Crippen LogP contribution >= 0.6 is 22.9 Å². The monoisotopic (exact) mass is 335 g/mol. The van der Waals surface area contributed by atoms with Gasteiger partial charge < -0.3 is 10.5 Å². The summed E-state index contributed by atoms with van der Waals surface area (Å²) in [5.41, 5.74) is 7.98. The molecule has 1 aromatic heterocycles. The summed E-state index contributed by atoms with van der Waals surface area (Å²) < 4.78 is 4.80. The minimum atomic E-state index is -0.244. The van der Waals surface area contributed by atoms with E-state index in [1.807, 2.05) is 0 Å². The summed E-state index contributed by atoms with van der Waals surface area (Å²) in [6.45, 7) is 0. The molecule has 1 atom stereocenters. The van der Waals surface area contributed by atoms with E-state index in [1.54, 1.807) is 24.3 Å². The van der Waals surface area contributed by atoms with E-state index in [1.165, 1.54) is 18.4 Å². The Morgan fingerprint density at radius 1 is 1.27 bits per heavy atom. The molecule has 0 amide bonds. The third-order valence-electron chi connectivity index (χ3n) is 3.87. The lowest BCUT2D eigenvalue weighted by molar-refractivity contribution is -0.145. The quantitative estimate of drug-likeness (QED) is 0.691. The molecule has 0 saturated heterocycles. The zero-order valence-corrected chi connectivity index (χ0v) is 13.5. The van der Waals surface area contributed by atoms with Gasteiger partial charge in [-0.05, 0) is 42.7 Å². The summed E-state index contributed by atoms with van der Waals surface area (Å²) in [5, 5.41) is 1.08. The fraction of sp³-hybridized carbons (Fsp3) is 0.250. The molecule has 1 aliphatic carbocycles. The number of methoxy groups -OCH3 is 1. The van der Waals surface area contributed by atoms with E-state index in [0.717, 1.165) is 10.4 Å². The second-order valence-electron chi connectivity index (χ2n) is 5.21. The highest BCUT2D eigenvalue weighted by molar-refractivity contribution is 7.16. The molecule has 0 radical (unpaired) electrons. The highest BCUT2D eigenvalue weighted by Gasteiger charge is 2.34. The lowest BCUT2D eigenvalue weighted by Crippen LogP contribution is -2.17. The maximum atomic E-state index is 12.7. The molecule has 0 aliphatic heterocycles. The summed E-state index contributed by atoms with van der Waals surface area (Å²) in [4.78, 5) is 25.4. The van der Waals surface area contributed by atoms with Crippen molar-refractivity contribution < 1.29 is 14.3 Å². The summed E-state index contributed by atoms with van der Waals surface area (Å²) in [5.74, 6) is -0.590. The first-order chi connectivity index (χ1) is 10.5. The molecule has 114 valence electrons. The van der Waals surface area contributed by atoms with Gasteiger partial charge in [0.25, 0.3) is 0 Å². The molecule has 3 rings (SSSR count). The van der Waals surface area contributed by atoms with E-state index >= 15 is 0 Å². The van der Waals surface area contributed by atoms with Crippen LogP contribution in [-0.2, 0) is 22.4 Å². The van der Waals surface area contributed by atoms with Gasteiger partial charge in [-0.1, -0.05) is 11.6 Å². The summed E-state index contributed by atoms with van der Waals surface area (Å²) in [6.07, 6.45) is 1.09. The van der Waals surface area contributed by atoms with Crippen LogP contribution in [0.25, 0.3) is 0 Å². The van der Waals surface area contributed by atoms with Crippen LogP contribution < -0.4 is 5.73 Å². The smallest absolute Gasteiger partial charge is 0.309 e. The Labute approximate surface area is 136 Å². The number of esters is 1. The Morgan fingerprint density at radius 2 is 1.95 bits per heavy atom. The molecule has 1 aromatic carbocycles. The van der Waals surface area contributed by atoms with Crippen LogP contribution in [0.5, 0.6) is 0 Å². The molecule has 1 heterocycles. The second-order valence-corrected chi connectivity index (χ2v) is 6.78. The van der Waals surface area contributed by atoms with Crippen molar-refractivity contribution in [2.75, 3.05) is 12.8 Å². The van der Waals surface area contributed by atoms with Crippen LogP contribution in [-0.4, -0.2) is 18.9 Å². The normalized spacial score (nSPS) is 16.4. The number of carbonyl (C=O) groups excluding carboxylic acids is 2. The molecule has 1 aliphatic rings. The van der Waals surface area contributed by atoms with E-state index in [0.29, 0.717) is 34.0 Å². The van der Waals surface area contributed by atoms with E-state index in [2.05, 4.69) is 0 Å². The number of anilines is 1. The third-order valence-corrected chi connectivity index (χ3v) is 5.20. The molecule has 0 fully saturated rings. The average Bonchev–Trinajstić information content (AvgIpc) is 3.03. The van der Waals surface area contributed by atoms with Crippen molar-refractivity contribution in [2.45, 2.75) is 12.8 Å². The molecular weight excluding hydrogens is 322 g/mol. The van der Waals surface area contributed by atoms with Gasteiger partial charge in [-0.3, -0.25) is 9.59 Å². The standard InChI is InChI=1S/C16H14ClNO3S/c1-21-16(20)9-6-11-12(7-9)22-15(18)13(11)14(19)8-2-4-10(17)5-3-8/h2-5,9H,6-7,18H2,1H3. The van der Waals surface area contributed by atoms with Gasteiger partial charge in [-0.25, -0.2) is 0 Å². The van der Waals surface area contributed by atoms with E-state index < -0.39 is 0 Å². The zero-order chi connectivity index (χ0) is 15.9. The molecule has 1 unspecified atom stereocenters. The van der Waals surface area contributed by atoms with Gasteiger partial charge in [-0.15, -0.1) is 11.3 Å². The maximum absolute atomic E-state index is 12.7. The highest BCUT2D eigenvalue weighted by Crippen LogP contribution is 2.41. The Balaban J connectivity index is 1.95. The Morgan fingerprint density at radius 3 is 2.59 bits per heavy atom. The van der Waals surface area contributed by atoms with Crippen LogP contribution in [0.15, 0.2) is 24.3 Å². The number of hydrogen-bond acceptors (Lipinski definition) is 5. The van der Waals surface area contributed by atoms with E-state index in [4.69, 9.17) is 22.1 Å². The number of nitrogen functional groups attached to an aromatic ring is 1. The molecule has 22 heavy (non-hydrogen) atoms. The first-order valence-electron chi connectivity index (χ1n) is 6.79. The highest BCUT2D eigenvalue weighted by atomic mass is 35.5. The second kappa shape index (κ2) is 5.74. The molecule has 0 saturated carbocycles. The van der Waals surface area contributed by atoms with Crippen molar-refractivity contribution in [3.05, 3.63) is 50.9 Å². The molecule has 6 heteroatoms. The number of benzene rings is 1. The lowest BCUT2D eigenvalue weighted by atomic mass is 9.99. The lowest BCUT2D eigenvalue weighted by Gasteiger charge is -2.07. The number of fused-ring (bicyclic) bond motifs is 1. The Bertz CT molecular complexity index is 751. The molecule has 2 aromatic rings. The van der Waals surface area contributed by atoms with Crippen molar-refractivity contribution in [3.8, 4) is 0 Å². The van der Waals surface area contributed by atoms with Gasteiger partial charge in [0.1, 0.15) is 0 Å². The first kappa shape index (κ1) is 15.1. The van der Waals surface area contributed by atoms with Gasteiger partial charge in [0.2, 0.25) is 0 Å². The van der Waals surface area contributed by atoms with E-state index in [-0.39, 0.29) is 17.7 Å². The predicted octanol–water partition coefficient (Wildman–Crippen LogP) is 3.10. The van der Waals surface area contributed by atoms with Crippen LogP contribution in [0.1, 0.15) is 26.4 Å². The summed E-state index contributed by atoms with van der Waals surface area (Å²) >= 11 is 7.24. The van der Waals surface area contributed by atoms with Gasteiger partial charge >= 0.3 is 5.97 Å². The fourth-order valence-electron chi connectivity index (χ4n) is 2.78. The zero-order valence-electron chi connectivity index (χ0n) is 11.9. The minimum absolute atomic E-state index is 0.128. The number of ketones is 1. The molecular formula is C16H14ClNO3S. The minimum Gasteiger partial charge on any atom is -0.469 e. The molecule has 4 nitrogen and oxygen atoms in total. The number of halogens is 1. The van der Waals surface area contributed by atoms with Crippen molar-refractivity contribution in [3.63, 3.8) is 0 Å². The fourth-order valence-corrected chi connectivity index (χ4v) is 4.09. The number of carbonyl (C=O) groups is 2. The van der Waals surface area contributed by atoms with Gasteiger partial charge in [0, 0.05) is 15.5 Å². The number of hydrogen-bond donors (Lipinski definition) is 1. The predicted molar refractivity (Wildman–Crippen MR) is 86.5 cm³/mol. The van der Waals surface area contributed by atoms with Crippen LogP contribution in [0.2, 0.25) is 5.02 Å². The van der Waals surface area contributed by atoms with Crippen molar-refractivity contribution in [1.82, 2.24) is 0 Å². The maximum Gasteiger partial charge on any atom is 0.309 e. The number of nitrogens with two attached hydrogens (primary N) is 1. The largest absolute Gasteiger partial charge is 0.469 e. The van der Waals surface area contributed by atoms with Crippen molar-refractivity contribution in [2.24, 2.45) is 5.92 Å². The number of ether oxygens (including phenoxy) is 1. The van der Waals surface area contributed by atoms with Crippen molar-refractivity contribution in [1.29, 1.82) is 0 Å². The average molecular weight is 336 g/mol. The van der Waals surface area contributed by atoms with Crippen LogP contribution in [0.3, 0.4) is 0 Å². The van der Waals surface area contributed by atoms with Crippen LogP contribution in [0.4, 0.5) is 5.00 Å².